The molecule has 5 N–H and O–H groups in total. The van der Waals surface area contributed by atoms with Crippen molar-refractivity contribution in [2.24, 2.45) is 5.73 Å². The van der Waals surface area contributed by atoms with E-state index < -0.39 is 0 Å². The molecule has 0 radical (unpaired) electrons. The van der Waals surface area contributed by atoms with Crippen molar-refractivity contribution in [3.8, 4) is 28.1 Å². The van der Waals surface area contributed by atoms with E-state index in [1.54, 1.807) is 12.3 Å². The van der Waals surface area contributed by atoms with Crippen LogP contribution in [0.25, 0.3) is 33.3 Å². The molecule has 6 nitrogen and oxygen atoms in total. The van der Waals surface area contributed by atoms with Gasteiger partial charge in [0.1, 0.15) is 5.75 Å². The third-order valence-electron chi connectivity index (χ3n) is 6.02. The van der Waals surface area contributed by atoms with Crippen molar-refractivity contribution < 1.29 is 5.11 Å². The molecule has 1 atom stereocenters. The highest BCUT2D eigenvalue weighted by Gasteiger charge is 2.15. The molecule has 0 amide bonds. The Morgan fingerprint density at radius 1 is 0.971 bits per heavy atom. The number of aromatic hydroxyl groups is 1. The summed E-state index contributed by atoms with van der Waals surface area (Å²) in [4.78, 5) is 4.75. The summed E-state index contributed by atoms with van der Waals surface area (Å²) in [6.07, 6.45) is 2.59. The maximum absolute atomic E-state index is 10.5. The maximum Gasteiger partial charge on any atom is 0.124 e. The van der Waals surface area contributed by atoms with E-state index in [4.69, 9.17) is 10.7 Å². The Kier molecular flexibility index (Phi) is 5.97. The first kappa shape index (κ1) is 21.7. The van der Waals surface area contributed by atoms with Crippen molar-refractivity contribution in [3.63, 3.8) is 0 Å². The summed E-state index contributed by atoms with van der Waals surface area (Å²) in [6.45, 7) is 2.60. The topological polar surface area (TPSA) is 99.9 Å². The molecule has 0 unspecified atom stereocenters. The molecule has 170 valence electrons. The fourth-order valence-corrected chi connectivity index (χ4v) is 4.22. The highest BCUT2D eigenvalue weighted by molar-refractivity contribution is 5.91. The number of hydrogen-bond donors (Lipinski definition) is 4. The van der Waals surface area contributed by atoms with Crippen molar-refractivity contribution in [2.45, 2.75) is 19.4 Å². The molecule has 0 fully saturated rings. The Balaban J connectivity index is 1.48. The van der Waals surface area contributed by atoms with E-state index in [9.17, 15) is 5.11 Å². The highest BCUT2D eigenvalue weighted by Crippen LogP contribution is 2.37. The van der Waals surface area contributed by atoms with Crippen LogP contribution in [-0.4, -0.2) is 32.9 Å². The van der Waals surface area contributed by atoms with Crippen molar-refractivity contribution >= 4 is 16.6 Å². The first-order valence-corrected chi connectivity index (χ1v) is 11.4. The van der Waals surface area contributed by atoms with Crippen LogP contribution in [0.5, 0.6) is 5.75 Å². The zero-order valence-electron chi connectivity index (χ0n) is 19.0. The Morgan fingerprint density at radius 3 is 2.59 bits per heavy atom. The number of rotatable bonds is 7. The number of H-pyrrole nitrogens is 1. The summed E-state index contributed by atoms with van der Waals surface area (Å²) in [7, 11) is 0. The van der Waals surface area contributed by atoms with Gasteiger partial charge in [-0.3, -0.25) is 10.1 Å². The molecule has 3 aromatic carbocycles. The van der Waals surface area contributed by atoms with Gasteiger partial charge in [-0.05, 0) is 54.8 Å². The van der Waals surface area contributed by atoms with Crippen LogP contribution in [0.2, 0.25) is 0 Å². The van der Waals surface area contributed by atoms with Gasteiger partial charge >= 0.3 is 0 Å². The van der Waals surface area contributed by atoms with E-state index in [0.29, 0.717) is 12.1 Å². The molecule has 0 saturated carbocycles. The normalized spacial score (nSPS) is 12.1. The molecular weight excluding hydrogens is 422 g/mol. The van der Waals surface area contributed by atoms with Gasteiger partial charge in [-0.15, -0.1) is 0 Å². The van der Waals surface area contributed by atoms with Gasteiger partial charge in [-0.1, -0.05) is 48.5 Å². The van der Waals surface area contributed by atoms with E-state index in [-0.39, 0.29) is 11.8 Å². The molecule has 0 saturated heterocycles. The van der Waals surface area contributed by atoms with E-state index in [1.807, 2.05) is 55.5 Å². The molecule has 0 aliphatic carbocycles. The van der Waals surface area contributed by atoms with E-state index in [0.717, 1.165) is 45.5 Å². The summed E-state index contributed by atoms with van der Waals surface area (Å²) >= 11 is 0. The van der Waals surface area contributed by atoms with Crippen LogP contribution in [-0.2, 0) is 6.42 Å². The number of phenols is 1. The zero-order valence-corrected chi connectivity index (χ0v) is 19.0. The standard InChI is InChI=1S/C28H27N5O/c1-18-24-14-20(11-12-26(24)33-32-18)25-15-22(17-31-28(25)23-9-5-6-10-27(23)34)30-16-21(29)13-19-7-3-2-4-8-19/h2-12,14-15,17,21,30,34H,13,16,29H2,1H3,(H,32,33)/t21-/m0/s1. The second kappa shape index (κ2) is 9.37. The number of phenolic OH excluding ortho intramolecular Hbond substituents is 1. The predicted octanol–water partition coefficient (Wildman–Crippen LogP) is 5.29. The quantitative estimate of drug-likeness (QED) is 0.271. The van der Waals surface area contributed by atoms with Gasteiger partial charge in [-0.25, -0.2) is 0 Å². The minimum absolute atomic E-state index is 0.0337. The highest BCUT2D eigenvalue weighted by atomic mass is 16.3. The summed E-state index contributed by atoms with van der Waals surface area (Å²) in [6, 6.07) is 25.7. The predicted molar refractivity (Wildman–Crippen MR) is 138 cm³/mol. The molecule has 2 heterocycles. The first-order valence-electron chi connectivity index (χ1n) is 11.4. The summed E-state index contributed by atoms with van der Waals surface area (Å²) in [5, 5.41) is 22.4. The van der Waals surface area contributed by atoms with Crippen LogP contribution in [0.4, 0.5) is 5.69 Å². The van der Waals surface area contributed by atoms with Crippen molar-refractivity contribution in [1.82, 2.24) is 15.2 Å². The Morgan fingerprint density at radius 2 is 1.76 bits per heavy atom. The minimum Gasteiger partial charge on any atom is -0.507 e. The number of pyridine rings is 1. The zero-order chi connectivity index (χ0) is 23.5. The fourth-order valence-electron chi connectivity index (χ4n) is 4.22. The SMILES string of the molecule is Cc1n[nH]c2ccc(-c3cc(NC[C@@H](N)Cc4ccccc4)cnc3-c3ccccc3O)cc12. The number of aryl methyl sites for hydroxylation is 1. The van der Waals surface area contributed by atoms with Crippen LogP contribution in [0.1, 0.15) is 11.3 Å². The number of hydrogen-bond acceptors (Lipinski definition) is 5. The second-order valence-corrected chi connectivity index (χ2v) is 8.54. The smallest absolute Gasteiger partial charge is 0.124 e. The Bertz CT molecular complexity index is 1430. The number of aromatic nitrogens is 3. The van der Waals surface area contributed by atoms with Gasteiger partial charge in [0.2, 0.25) is 0 Å². The van der Waals surface area contributed by atoms with E-state index in [1.165, 1.54) is 5.56 Å². The lowest BCUT2D eigenvalue weighted by Gasteiger charge is -2.16. The number of anilines is 1. The molecule has 34 heavy (non-hydrogen) atoms. The molecule has 5 aromatic rings. The van der Waals surface area contributed by atoms with E-state index >= 15 is 0 Å². The van der Waals surface area contributed by atoms with Crippen LogP contribution >= 0.6 is 0 Å². The molecule has 0 aliphatic rings. The summed E-state index contributed by atoms with van der Waals surface area (Å²) < 4.78 is 0. The fraction of sp³-hybridized carbons (Fsp3) is 0.143. The van der Waals surface area contributed by atoms with Gasteiger partial charge in [0.05, 0.1) is 28.8 Å². The first-order chi connectivity index (χ1) is 16.6. The van der Waals surface area contributed by atoms with Crippen molar-refractivity contribution in [3.05, 3.63) is 96.3 Å². The van der Waals surface area contributed by atoms with Crippen molar-refractivity contribution in [1.29, 1.82) is 0 Å². The summed E-state index contributed by atoms with van der Waals surface area (Å²) in [5.74, 6) is 0.197. The van der Waals surface area contributed by atoms with Crippen LogP contribution in [0, 0.1) is 6.92 Å². The summed E-state index contributed by atoms with van der Waals surface area (Å²) in [5.41, 5.74) is 13.7. The lowest BCUT2D eigenvalue weighted by molar-refractivity contribution is 0.477. The number of benzene rings is 3. The molecule has 0 bridgehead atoms. The third-order valence-corrected chi connectivity index (χ3v) is 6.02. The third kappa shape index (κ3) is 4.49. The van der Waals surface area contributed by atoms with Crippen LogP contribution in [0.3, 0.4) is 0 Å². The molecule has 0 aliphatic heterocycles. The number of nitrogens with two attached hydrogens (primary N) is 1. The molecular formula is C28H27N5O. The molecule has 2 aromatic heterocycles. The number of aromatic amines is 1. The monoisotopic (exact) mass is 449 g/mol. The van der Waals surface area contributed by atoms with Gasteiger partial charge in [0, 0.05) is 29.1 Å². The minimum atomic E-state index is -0.0337. The average molecular weight is 450 g/mol. The lowest BCUT2D eigenvalue weighted by atomic mass is 9.97. The maximum atomic E-state index is 10.5. The number of nitrogens with one attached hydrogen (secondary N) is 2. The van der Waals surface area contributed by atoms with Crippen molar-refractivity contribution in [2.75, 3.05) is 11.9 Å². The molecule has 6 heteroatoms. The molecule has 0 spiro atoms. The van der Waals surface area contributed by atoms with Gasteiger partial charge < -0.3 is 16.2 Å². The van der Waals surface area contributed by atoms with Crippen LogP contribution in [0.15, 0.2) is 85.1 Å². The Labute approximate surface area is 198 Å². The Hall–Kier alpha value is -4.16. The average Bonchev–Trinajstić information content (AvgIpc) is 3.24. The van der Waals surface area contributed by atoms with Gasteiger partial charge in [0.25, 0.3) is 0 Å². The van der Waals surface area contributed by atoms with E-state index in [2.05, 4.69) is 39.8 Å². The largest absolute Gasteiger partial charge is 0.507 e. The number of nitrogens with zero attached hydrogens (tertiary/aromatic N) is 2. The molecule has 5 rings (SSSR count). The number of para-hydroxylation sites is 1. The van der Waals surface area contributed by atoms with Gasteiger partial charge in [-0.2, -0.15) is 5.10 Å². The number of fused-ring (bicyclic) bond motifs is 1. The second-order valence-electron chi connectivity index (χ2n) is 8.54. The van der Waals surface area contributed by atoms with Gasteiger partial charge in [0.15, 0.2) is 0 Å². The lowest BCUT2D eigenvalue weighted by Crippen LogP contribution is -2.31. The van der Waals surface area contributed by atoms with Crippen LogP contribution < -0.4 is 11.1 Å².